The van der Waals surface area contributed by atoms with Crippen molar-refractivity contribution < 1.29 is 9.13 Å². The van der Waals surface area contributed by atoms with Crippen LogP contribution in [0.3, 0.4) is 0 Å². The van der Waals surface area contributed by atoms with Gasteiger partial charge >= 0.3 is 0 Å². The van der Waals surface area contributed by atoms with Crippen LogP contribution in [0.1, 0.15) is 5.56 Å². The number of benzene rings is 3. The Morgan fingerprint density at radius 2 is 0.969 bits per heavy atom. The third-order valence-corrected chi connectivity index (χ3v) is 5.80. The lowest BCUT2D eigenvalue weighted by Gasteiger charge is -2.13. The van der Waals surface area contributed by atoms with Crippen molar-refractivity contribution in [2.75, 3.05) is 0 Å². The van der Waals surface area contributed by atoms with Gasteiger partial charge in [0.25, 0.3) is 0 Å². The number of nitrogens with zero attached hydrogens (tertiary/aromatic N) is 2. The Bertz CT molecular complexity index is 1250. The highest BCUT2D eigenvalue weighted by molar-refractivity contribution is 5.73. The van der Waals surface area contributed by atoms with Crippen LogP contribution >= 0.6 is 0 Å². The van der Waals surface area contributed by atoms with Gasteiger partial charge in [-0.05, 0) is 35.4 Å². The molecule has 32 heavy (non-hydrogen) atoms. The van der Waals surface area contributed by atoms with Gasteiger partial charge in [-0.2, -0.15) is 4.57 Å². The summed E-state index contributed by atoms with van der Waals surface area (Å²) in [6.07, 6.45) is 4.20. The maximum absolute atomic E-state index is 2.44. The fourth-order valence-electron chi connectivity index (χ4n) is 4.11. The minimum atomic E-state index is 0.805. The molecule has 2 heteroatoms. The summed E-state index contributed by atoms with van der Waals surface area (Å²) in [4.78, 5) is 0. The van der Waals surface area contributed by atoms with E-state index in [1.165, 1.54) is 39.2 Å². The summed E-state index contributed by atoms with van der Waals surface area (Å²) in [5.74, 6) is 0. The van der Waals surface area contributed by atoms with Gasteiger partial charge in [0.05, 0.1) is 0 Å². The van der Waals surface area contributed by atoms with E-state index in [4.69, 9.17) is 0 Å². The van der Waals surface area contributed by atoms with Crippen molar-refractivity contribution in [3.8, 4) is 33.6 Å². The number of rotatable bonds is 5. The maximum atomic E-state index is 2.44. The van der Waals surface area contributed by atoms with Crippen LogP contribution in [0, 0.1) is 0 Å². The molecule has 0 unspecified atom stereocenters. The normalized spacial score (nSPS) is 10.8. The predicted octanol–water partition coefficient (Wildman–Crippen LogP) is 5.85. The quantitative estimate of drug-likeness (QED) is 0.319. The molecule has 5 aromatic rings. The van der Waals surface area contributed by atoms with Gasteiger partial charge in [0.15, 0.2) is 18.9 Å². The molecule has 5 rings (SSSR count). The van der Waals surface area contributed by atoms with Gasteiger partial charge in [-0.3, -0.25) is 0 Å². The van der Waals surface area contributed by atoms with E-state index in [1.54, 1.807) is 0 Å². The fraction of sp³-hybridized carbons (Fsp3) is 0.0667. The van der Waals surface area contributed by atoms with E-state index >= 15 is 0 Å². The van der Waals surface area contributed by atoms with Gasteiger partial charge in [0, 0.05) is 41.0 Å². The first-order valence-electron chi connectivity index (χ1n) is 11.0. The summed E-state index contributed by atoms with van der Waals surface area (Å²) in [5.41, 5.74) is 8.55. The standard InChI is InChI=1S/C30H26N2/c1-31-19-17-25(18-20-31)28-21-29(26-13-7-3-8-14-26)32(23-24-11-5-2-6-12-24)30(22-28)27-15-9-4-10-16-27/h2-22H,23H2,1H3/q+2. The second-order valence-electron chi connectivity index (χ2n) is 8.07. The average Bonchev–Trinajstić information content (AvgIpc) is 2.86. The van der Waals surface area contributed by atoms with Crippen molar-refractivity contribution in [1.82, 2.24) is 0 Å². The van der Waals surface area contributed by atoms with Crippen LogP contribution in [0.4, 0.5) is 0 Å². The Morgan fingerprint density at radius 3 is 1.47 bits per heavy atom. The number of pyridine rings is 2. The molecular weight excluding hydrogens is 388 g/mol. The van der Waals surface area contributed by atoms with E-state index in [1.807, 2.05) is 7.05 Å². The van der Waals surface area contributed by atoms with Crippen LogP contribution in [0.2, 0.25) is 0 Å². The molecular formula is C30H26N2+2. The van der Waals surface area contributed by atoms with Crippen molar-refractivity contribution >= 4 is 0 Å². The van der Waals surface area contributed by atoms with Crippen LogP contribution in [-0.4, -0.2) is 0 Å². The van der Waals surface area contributed by atoms with Crippen molar-refractivity contribution in [2.24, 2.45) is 7.05 Å². The Balaban J connectivity index is 1.78. The highest BCUT2D eigenvalue weighted by Gasteiger charge is 2.23. The summed E-state index contributed by atoms with van der Waals surface area (Å²) < 4.78 is 4.50. The third kappa shape index (κ3) is 4.21. The number of hydrogen-bond acceptors (Lipinski definition) is 0. The molecule has 0 aliphatic heterocycles. The van der Waals surface area contributed by atoms with E-state index < -0.39 is 0 Å². The van der Waals surface area contributed by atoms with E-state index in [9.17, 15) is 0 Å². The Labute approximate surface area is 189 Å². The number of hydrogen-bond donors (Lipinski definition) is 0. The summed E-state index contributed by atoms with van der Waals surface area (Å²) in [6, 6.07) is 41.1. The smallest absolute Gasteiger partial charge is 0.208 e. The molecule has 2 aromatic heterocycles. The van der Waals surface area contributed by atoms with Crippen LogP contribution in [-0.2, 0) is 13.6 Å². The molecule has 2 nitrogen and oxygen atoms in total. The van der Waals surface area contributed by atoms with Gasteiger partial charge in [-0.15, -0.1) is 0 Å². The van der Waals surface area contributed by atoms with Crippen LogP contribution in [0.5, 0.6) is 0 Å². The molecule has 0 aliphatic rings. The highest BCUT2D eigenvalue weighted by atomic mass is 15.0. The molecule has 0 N–H and O–H groups in total. The maximum Gasteiger partial charge on any atom is 0.213 e. The van der Waals surface area contributed by atoms with Crippen LogP contribution < -0.4 is 9.13 Å². The second kappa shape index (κ2) is 8.99. The van der Waals surface area contributed by atoms with E-state index in [0.717, 1.165) is 6.54 Å². The predicted molar refractivity (Wildman–Crippen MR) is 130 cm³/mol. The molecule has 0 amide bonds. The van der Waals surface area contributed by atoms with Crippen molar-refractivity contribution in [1.29, 1.82) is 0 Å². The number of aromatic nitrogens is 2. The summed E-state index contributed by atoms with van der Waals surface area (Å²) >= 11 is 0. The largest absolute Gasteiger partial charge is 0.213 e. The molecule has 3 aromatic carbocycles. The molecule has 0 spiro atoms. The number of aryl methyl sites for hydroxylation is 1. The average molecular weight is 415 g/mol. The molecule has 154 valence electrons. The van der Waals surface area contributed by atoms with Gasteiger partial charge < -0.3 is 0 Å². The van der Waals surface area contributed by atoms with E-state index in [2.05, 4.69) is 137 Å². The molecule has 0 bridgehead atoms. The van der Waals surface area contributed by atoms with Crippen molar-refractivity contribution in [3.63, 3.8) is 0 Å². The minimum absolute atomic E-state index is 0.805. The lowest BCUT2D eigenvalue weighted by molar-refractivity contribution is -0.671. The highest BCUT2D eigenvalue weighted by Crippen LogP contribution is 2.29. The minimum Gasteiger partial charge on any atom is -0.208 e. The van der Waals surface area contributed by atoms with Gasteiger partial charge in [-0.25, -0.2) is 4.57 Å². The summed E-state index contributed by atoms with van der Waals surface area (Å²) in [6.45, 7) is 0.805. The zero-order valence-corrected chi connectivity index (χ0v) is 18.2. The summed E-state index contributed by atoms with van der Waals surface area (Å²) in [5, 5.41) is 0. The first-order valence-corrected chi connectivity index (χ1v) is 11.0. The molecule has 0 fully saturated rings. The topological polar surface area (TPSA) is 7.76 Å². The zero-order chi connectivity index (χ0) is 21.8. The molecule has 0 saturated heterocycles. The van der Waals surface area contributed by atoms with Crippen LogP contribution in [0.15, 0.2) is 128 Å². The van der Waals surface area contributed by atoms with Gasteiger partial charge in [0.1, 0.15) is 7.05 Å². The molecule has 0 radical (unpaired) electrons. The lowest BCUT2D eigenvalue weighted by Crippen LogP contribution is -2.39. The molecule has 0 atom stereocenters. The Morgan fingerprint density at radius 1 is 0.500 bits per heavy atom. The van der Waals surface area contributed by atoms with E-state index in [0.29, 0.717) is 0 Å². The molecule has 0 saturated carbocycles. The van der Waals surface area contributed by atoms with Gasteiger partial charge in [0.2, 0.25) is 11.4 Å². The SMILES string of the molecule is C[n+]1ccc(-c2cc(-c3ccccc3)[n+](Cc3ccccc3)c(-c3ccccc3)c2)cc1. The Kier molecular flexibility index (Phi) is 5.59. The first kappa shape index (κ1) is 19.9. The second-order valence-corrected chi connectivity index (χ2v) is 8.07. The third-order valence-electron chi connectivity index (χ3n) is 5.80. The lowest BCUT2D eigenvalue weighted by atomic mass is 9.99. The zero-order valence-electron chi connectivity index (χ0n) is 18.2. The summed E-state index contributed by atoms with van der Waals surface area (Å²) in [7, 11) is 2.05. The molecule has 2 heterocycles. The molecule has 0 aliphatic carbocycles. The van der Waals surface area contributed by atoms with Crippen molar-refractivity contribution in [3.05, 3.63) is 133 Å². The fourth-order valence-corrected chi connectivity index (χ4v) is 4.11. The Hall–Kier alpha value is -4.04. The van der Waals surface area contributed by atoms with Crippen LogP contribution in [0.25, 0.3) is 33.6 Å². The van der Waals surface area contributed by atoms with Gasteiger partial charge in [-0.1, -0.05) is 66.7 Å². The van der Waals surface area contributed by atoms with E-state index in [-0.39, 0.29) is 0 Å². The van der Waals surface area contributed by atoms with Crippen molar-refractivity contribution in [2.45, 2.75) is 6.54 Å². The first-order chi connectivity index (χ1) is 15.8. The monoisotopic (exact) mass is 414 g/mol.